The van der Waals surface area contributed by atoms with E-state index >= 15 is 0 Å². The molecule has 2 aromatic rings. The lowest BCUT2D eigenvalue weighted by atomic mass is 9.65. The highest BCUT2D eigenvalue weighted by atomic mass is 16.2. The molecule has 4 heteroatoms. The number of guanidine groups is 1. The van der Waals surface area contributed by atoms with Crippen LogP contribution in [-0.2, 0) is 29.6 Å². The third kappa shape index (κ3) is 2.12. The number of amides is 1. The molecule has 1 atom stereocenters. The fourth-order valence-electron chi connectivity index (χ4n) is 5.83. The van der Waals surface area contributed by atoms with Gasteiger partial charge >= 0.3 is 0 Å². The third-order valence-electron chi connectivity index (χ3n) is 7.14. The highest BCUT2D eigenvalue weighted by Gasteiger charge is 2.66. The van der Waals surface area contributed by atoms with Crippen molar-refractivity contribution in [2.24, 2.45) is 16.1 Å². The summed E-state index contributed by atoms with van der Waals surface area (Å²) in [6.07, 6.45) is 4.76. The number of fused-ring (bicyclic) bond motifs is 4. The molecule has 1 heterocycles. The van der Waals surface area contributed by atoms with Gasteiger partial charge in [0, 0.05) is 11.5 Å². The average molecular weight is 374 g/mol. The molecule has 2 aliphatic carbocycles. The summed E-state index contributed by atoms with van der Waals surface area (Å²) in [7, 11) is 0. The minimum Gasteiger partial charge on any atom is -0.369 e. The van der Waals surface area contributed by atoms with Crippen LogP contribution in [0.1, 0.15) is 48.9 Å². The van der Waals surface area contributed by atoms with Gasteiger partial charge in [0.05, 0.1) is 0 Å². The molecule has 1 aliphatic heterocycles. The number of hydrogen-bond acceptors (Lipinski definition) is 3. The van der Waals surface area contributed by atoms with Crippen molar-refractivity contribution in [3.63, 3.8) is 0 Å². The second-order valence-corrected chi connectivity index (χ2v) is 8.83. The standard InChI is InChI=1S/C24H27N3O/c1-16(2)27-21(28)24(26-22(27)25)20-10-6-5-9-19(20)15-23(24)13-11-17-7-3-4-8-18(17)12-14-23/h3-10,16H,11-15H2,1-2H3,(H2,25,26). The summed E-state index contributed by atoms with van der Waals surface area (Å²) in [5.74, 6) is 0.439. The molecule has 0 saturated carbocycles. The largest absolute Gasteiger partial charge is 0.369 e. The van der Waals surface area contributed by atoms with Gasteiger partial charge in [0.1, 0.15) is 0 Å². The Morgan fingerprint density at radius 3 is 2.11 bits per heavy atom. The molecule has 2 spiro atoms. The predicted octanol–water partition coefficient (Wildman–Crippen LogP) is 3.57. The molecule has 1 amide bonds. The maximum atomic E-state index is 13.9. The van der Waals surface area contributed by atoms with E-state index in [0.29, 0.717) is 5.96 Å². The summed E-state index contributed by atoms with van der Waals surface area (Å²) in [5, 5.41) is 0. The van der Waals surface area contributed by atoms with Gasteiger partial charge < -0.3 is 5.73 Å². The molecule has 2 N–H and O–H groups in total. The van der Waals surface area contributed by atoms with Crippen LogP contribution in [0.25, 0.3) is 0 Å². The first-order valence-corrected chi connectivity index (χ1v) is 10.3. The normalized spacial score (nSPS) is 25.2. The molecule has 5 rings (SSSR count). The van der Waals surface area contributed by atoms with Crippen molar-refractivity contribution in [2.75, 3.05) is 0 Å². The van der Waals surface area contributed by atoms with E-state index in [1.54, 1.807) is 4.90 Å². The van der Waals surface area contributed by atoms with Gasteiger partial charge in [-0.2, -0.15) is 0 Å². The number of carbonyl (C=O) groups is 1. The van der Waals surface area contributed by atoms with Gasteiger partial charge in [-0.3, -0.25) is 9.69 Å². The Labute approximate surface area is 166 Å². The Kier molecular flexibility index (Phi) is 3.71. The topological polar surface area (TPSA) is 58.7 Å². The molecule has 2 aromatic carbocycles. The third-order valence-corrected chi connectivity index (χ3v) is 7.14. The number of benzene rings is 2. The molecule has 4 nitrogen and oxygen atoms in total. The fraction of sp³-hybridized carbons (Fsp3) is 0.417. The minimum absolute atomic E-state index is 0.00316. The Bertz CT molecular complexity index is 966. The first-order chi connectivity index (χ1) is 13.5. The number of aryl methyl sites for hydroxylation is 2. The Balaban J connectivity index is 1.68. The second kappa shape index (κ2) is 5.94. The zero-order valence-corrected chi connectivity index (χ0v) is 16.6. The zero-order chi connectivity index (χ0) is 19.5. The monoisotopic (exact) mass is 373 g/mol. The molecule has 0 aromatic heterocycles. The number of aliphatic imine (C=N–C) groups is 1. The SMILES string of the molecule is CC(C)N1C(=O)C2(N=C1N)c1ccccc1CC21CCc2ccccc2CC1. The van der Waals surface area contributed by atoms with Gasteiger partial charge in [-0.1, -0.05) is 48.5 Å². The highest BCUT2D eigenvalue weighted by Crippen LogP contribution is 2.60. The van der Waals surface area contributed by atoms with E-state index in [-0.39, 0.29) is 17.4 Å². The molecule has 144 valence electrons. The quantitative estimate of drug-likeness (QED) is 0.831. The van der Waals surface area contributed by atoms with Crippen LogP contribution < -0.4 is 5.73 Å². The molecule has 1 unspecified atom stereocenters. The number of carbonyl (C=O) groups excluding carboxylic acids is 1. The summed E-state index contributed by atoms with van der Waals surface area (Å²) in [6, 6.07) is 17.1. The van der Waals surface area contributed by atoms with Gasteiger partial charge in [-0.15, -0.1) is 0 Å². The Hall–Kier alpha value is -2.62. The van der Waals surface area contributed by atoms with Crippen molar-refractivity contribution in [1.29, 1.82) is 0 Å². The lowest BCUT2D eigenvalue weighted by Gasteiger charge is -2.41. The summed E-state index contributed by atoms with van der Waals surface area (Å²) >= 11 is 0. The molecule has 0 radical (unpaired) electrons. The van der Waals surface area contributed by atoms with Crippen molar-refractivity contribution < 1.29 is 4.79 Å². The maximum absolute atomic E-state index is 13.9. The van der Waals surface area contributed by atoms with Gasteiger partial charge in [0.25, 0.3) is 5.91 Å². The van der Waals surface area contributed by atoms with Crippen LogP contribution in [0.5, 0.6) is 0 Å². The van der Waals surface area contributed by atoms with Crippen molar-refractivity contribution >= 4 is 11.9 Å². The summed E-state index contributed by atoms with van der Waals surface area (Å²) in [6.45, 7) is 4.02. The molecular formula is C24H27N3O. The van der Waals surface area contributed by atoms with Crippen LogP contribution >= 0.6 is 0 Å². The van der Waals surface area contributed by atoms with E-state index < -0.39 is 5.54 Å². The predicted molar refractivity (Wildman–Crippen MR) is 111 cm³/mol. The minimum atomic E-state index is -0.875. The van der Waals surface area contributed by atoms with Crippen LogP contribution in [-0.4, -0.2) is 22.8 Å². The summed E-state index contributed by atoms with van der Waals surface area (Å²) in [4.78, 5) is 20.6. The summed E-state index contributed by atoms with van der Waals surface area (Å²) < 4.78 is 0. The number of nitrogens with two attached hydrogens (primary N) is 1. The van der Waals surface area contributed by atoms with Gasteiger partial charge in [-0.05, 0) is 68.2 Å². The number of hydrogen-bond donors (Lipinski definition) is 1. The molecule has 28 heavy (non-hydrogen) atoms. The van der Waals surface area contributed by atoms with Crippen molar-refractivity contribution in [2.45, 2.75) is 57.5 Å². The van der Waals surface area contributed by atoms with E-state index in [4.69, 9.17) is 10.7 Å². The zero-order valence-electron chi connectivity index (χ0n) is 16.6. The Morgan fingerprint density at radius 2 is 1.54 bits per heavy atom. The number of rotatable bonds is 1. The molecule has 0 fully saturated rings. The number of nitrogens with zero attached hydrogens (tertiary/aromatic N) is 2. The van der Waals surface area contributed by atoms with E-state index in [2.05, 4.69) is 42.5 Å². The second-order valence-electron chi connectivity index (χ2n) is 8.83. The van der Waals surface area contributed by atoms with Crippen LogP contribution in [0.15, 0.2) is 53.5 Å². The first kappa shape index (κ1) is 17.5. The van der Waals surface area contributed by atoms with Gasteiger partial charge in [-0.25, -0.2) is 4.99 Å². The van der Waals surface area contributed by atoms with Crippen LogP contribution in [0.2, 0.25) is 0 Å². The first-order valence-electron chi connectivity index (χ1n) is 10.3. The van der Waals surface area contributed by atoms with Crippen LogP contribution in [0.3, 0.4) is 0 Å². The smallest absolute Gasteiger partial charge is 0.262 e. The van der Waals surface area contributed by atoms with Crippen molar-refractivity contribution in [1.82, 2.24) is 4.90 Å². The highest BCUT2D eigenvalue weighted by molar-refractivity contribution is 6.08. The lowest BCUT2D eigenvalue weighted by Crippen LogP contribution is -2.52. The molecular weight excluding hydrogens is 346 g/mol. The van der Waals surface area contributed by atoms with Crippen molar-refractivity contribution in [3.8, 4) is 0 Å². The van der Waals surface area contributed by atoms with Gasteiger partial charge in [0.2, 0.25) is 0 Å². The van der Waals surface area contributed by atoms with Gasteiger partial charge in [0.15, 0.2) is 11.5 Å². The lowest BCUT2D eigenvalue weighted by molar-refractivity contribution is -0.137. The molecule has 0 bridgehead atoms. The van der Waals surface area contributed by atoms with E-state index in [9.17, 15) is 4.79 Å². The molecule has 0 saturated heterocycles. The van der Waals surface area contributed by atoms with Crippen LogP contribution in [0.4, 0.5) is 0 Å². The average Bonchev–Trinajstić information content (AvgIpc) is 3.02. The van der Waals surface area contributed by atoms with E-state index in [1.165, 1.54) is 16.7 Å². The summed E-state index contributed by atoms with van der Waals surface area (Å²) in [5.41, 5.74) is 10.4. The van der Waals surface area contributed by atoms with Crippen molar-refractivity contribution in [3.05, 3.63) is 70.8 Å². The Morgan fingerprint density at radius 1 is 0.964 bits per heavy atom. The van der Waals surface area contributed by atoms with Crippen LogP contribution in [0, 0.1) is 5.41 Å². The molecule has 3 aliphatic rings. The van der Waals surface area contributed by atoms with E-state index in [0.717, 1.165) is 37.7 Å². The fourth-order valence-corrected chi connectivity index (χ4v) is 5.83. The maximum Gasteiger partial charge on any atom is 0.262 e. The van der Waals surface area contributed by atoms with E-state index in [1.807, 2.05) is 19.9 Å².